The van der Waals surface area contributed by atoms with Gasteiger partial charge in [-0.25, -0.2) is 4.98 Å². The molecule has 12 heavy (non-hydrogen) atoms. The molecule has 0 fully saturated rings. The molecule has 0 aliphatic rings. The summed E-state index contributed by atoms with van der Waals surface area (Å²) >= 11 is 3.47. The fourth-order valence-electron chi connectivity index (χ4n) is 0.340. The van der Waals surface area contributed by atoms with Crippen LogP contribution in [0.25, 0.3) is 5.73 Å². The van der Waals surface area contributed by atoms with E-state index < -0.39 is 18.5 Å². The summed E-state index contributed by atoms with van der Waals surface area (Å²) in [6.45, 7) is 0. The first kappa shape index (κ1) is 11.7. The third-order valence-electron chi connectivity index (χ3n) is 0.590. The zero-order valence-corrected chi connectivity index (χ0v) is 9.19. The average Bonchev–Trinajstić information content (AvgIpc) is 2.40. The number of hydrogen-bond donors (Lipinski definition) is 0. The molecule has 0 aromatic carbocycles. The van der Waals surface area contributed by atoms with Crippen molar-refractivity contribution in [3.8, 4) is 0 Å². The van der Waals surface area contributed by atoms with Crippen molar-refractivity contribution in [2.45, 2.75) is 5.22 Å². The fourth-order valence-corrected chi connectivity index (χ4v) is 0.930. The normalized spacial score (nSPS) is 8.00. The molecule has 1 N–H and O–H groups in total. The zero-order chi connectivity index (χ0) is 9.40. The summed E-state index contributed by atoms with van der Waals surface area (Å²) in [7, 11) is 0. The van der Waals surface area contributed by atoms with Crippen LogP contribution < -0.4 is 0 Å². The first-order valence-corrected chi connectivity index (χ1v) is 5.31. The molecule has 1 aromatic heterocycles. The summed E-state index contributed by atoms with van der Waals surface area (Å²) in [5, 5.41) is 0.426. The maximum atomic E-state index is 8.50. The predicted octanol–water partition coefficient (Wildman–Crippen LogP) is 1.86. The second kappa shape index (κ2) is 7.39. The van der Waals surface area contributed by atoms with E-state index in [4.69, 9.17) is 16.9 Å². The van der Waals surface area contributed by atoms with E-state index in [2.05, 4.69) is 17.2 Å². The Morgan fingerprint density at radius 1 is 1.75 bits per heavy atom. The van der Waals surface area contributed by atoms with Gasteiger partial charge in [0.1, 0.15) is 6.26 Å². The molecule has 0 radical (unpaired) electrons. The van der Waals surface area contributed by atoms with Crippen molar-refractivity contribution in [3.63, 3.8) is 0 Å². The first-order chi connectivity index (χ1) is 5.70. The molecule has 5 nitrogen and oxygen atoms in total. The van der Waals surface area contributed by atoms with Crippen LogP contribution in [0.15, 0.2) is 22.1 Å². The van der Waals surface area contributed by atoms with Crippen LogP contribution >= 0.6 is 24.0 Å². The number of oxazole rings is 1. The van der Waals surface area contributed by atoms with Crippen LogP contribution in [0.5, 0.6) is 0 Å². The van der Waals surface area contributed by atoms with Gasteiger partial charge in [0.2, 0.25) is 0 Å². The number of hydrogen-bond acceptors (Lipinski definition) is 6. The molecule has 0 atom stereocenters. The monoisotopic (exact) mass is 289 g/mol. The van der Waals surface area contributed by atoms with Gasteiger partial charge in [-0.2, -0.15) is 0 Å². The van der Waals surface area contributed by atoms with Gasteiger partial charge >= 0.3 is 25.3 Å². The molecule has 0 spiro atoms. The van der Waals surface area contributed by atoms with Crippen LogP contribution in [-0.2, 0) is 25.3 Å². The molecule has 1 aromatic rings. The summed E-state index contributed by atoms with van der Waals surface area (Å²) in [6, 6.07) is 0. The first-order valence-electron chi connectivity index (χ1n) is 2.45. The second-order valence-corrected chi connectivity index (χ2v) is 3.22. The SMILES string of the molecule is [NH-]C(=S)Sc1ncco1.[O]=[Mo]=[O]. The van der Waals surface area contributed by atoms with Crippen molar-refractivity contribution in [3.05, 3.63) is 18.2 Å². The summed E-state index contributed by atoms with van der Waals surface area (Å²) in [4.78, 5) is 3.75. The van der Waals surface area contributed by atoms with Crippen LogP contribution in [0.1, 0.15) is 0 Å². The zero-order valence-electron chi connectivity index (χ0n) is 5.55. The Hall–Kier alpha value is -0.262. The van der Waals surface area contributed by atoms with Gasteiger partial charge in [0.15, 0.2) is 0 Å². The molecule has 0 saturated carbocycles. The number of nitrogens with one attached hydrogen (secondary N) is 1. The van der Waals surface area contributed by atoms with Gasteiger partial charge in [0.25, 0.3) is 5.22 Å². The van der Waals surface area contributed by atoms with Crippen LogP contribution in [0.3, 0.4) is 0 Å². The summed E-state index contributed by atoms with van der Waals surface area (Å²) < 4.78 is 21.9. The van der Waals surface area contributed by atoms with Crippen molar-refractivity contribution in [1.82, 2.24) is 4.98 Å². The number of rotatable bonds is 1. The van der Waals surface area contributed by atoms with E-state index in [0.29, 0.717) is 5.22 Å². The Morgan fingerprint density at radius 2 is 2.33 bits per heavy atom. The standard InChI is InChI=1S/C4H4N2OS2.Mo.2O/c5-3(8)9-4-6-1-2-7-4;;;/h1-2H,(H2,5,8);;;/p-1. The van der Waals surface area contributed by atoms with Gasteiger partial charge in [-0.1, -0.05) is 12.2 Å². The fraction of sp³-hybridized carbons (Fsp3) is 0. The number of nitrogens with zero attached hydrogens (tertiary/aromatic N) is 1. The molecular weight excluding hydrogens is 284 g/mol. The van der Waals surface area contributed by atoms with Crippen LogP contribution in [0, 0.1) is 0 Å². The van der Waals surface area contributed by atoms with E-state index in [-0.39, 0.29) is 4.32 Å². The van der Waals surface area contributed by atoms with Crippen molar-refractivity contribution < 1.29 is 29.7 Å². The van der Waals surface area contributed by atoms with E-state index in [9.17, 15) is 0 Å². The molecule has 0 bridgehead atoms. The van der Waals surface area contributed by atoms with Crippen LogP contribution in [0.2, 0.25) is 0 Å². The van der Waals surface area contributed by atoms with Crippen molar-refractivity contribution >= 4 is 28.3 Å². The minimum absolute atomic E-state index is 0.0671. The Balaban J connectivity index is 0.000000354. The summed E-state index contributed by atoms with van der Waals surface area (Å²) in [5.41, 5.74) is 6.85. The third-order valence-corrected chi connectivity index (χ3v) is 1.40. The molecular formula is C4H3MoN2O3S2-. The number of thiocarbonyl (C=S) groups is 1. The van der Waals surface area contributed by atoms with Gasteiger partial charge in [-0.15, -0.1) is 0 Å². The summed E-state index contributed by atoms with van der Waals surface area (Å²) in [6.07, 6.45) is 2.96. The molecule has 8 heteroatoms. The molecule has 0 aliphatic carbocycles. The molecule has 0 aliphatic heterocycles. The quantitative estimate of drug-likeness (QED) is 0.445. The Kier molecular flexibility index (Phi) is 7.23. The number of thioether (sulfide) groups is 1. The van der Waals surface area contributed by atoms with Gasteiger partial charge < -0.3 is 10.2 Å². The van der Waals surface area contributed by atoms with E-state index in [1.54, 1.807) is 0 Å². The van der Waals surface area contributed by atoms with E-state index in [1.807, 2.05) is 0 Å². The molecule has 1 rings (SSSR count). The molecule has 0 saturated heterocycles. The third kappa shape index (κ3) is 6.45. The molecule has 0 unspecified atom stereocenters. The van der Waals surface area contributed by atoms with Crippen molar-refractivity contribution in [1.29, 1.82) is 0 Å². The van der Waals surface area contributed by atoms with E-state index >= 15 is 0 Å². The van der Waals surface area contributed by atoms with E-state index in [0.717, 1.165) is 11.8 Å². The van der Waals surface area contributed by atoms with Gasteiger partial charge in [-0.3, -0.25) is 0 Å². The van der Waals surface area contributed by atoms with Crippen molar-refractivity contribution in [2.75, 3.05) is 0 Å². The molecule has 0 amide bonds. The van der Waals surface area contributed by atoms with Crippen molar-refractivity contribution in [2.24, 2.45) is 0 Å². The minimum atomic E-state index is -2.03. The van der Waals surface area contributed by atoms with E-state index in [1.165, 1.54) is 12.5 Å². The van der Waals surface area contributed by atoms with Crippen LogP contribution in [0.4, 0.5) is 0 Å². The summed E-state index contributed by atoms with van der Waals surface area (Å²) in [5.74, 6) is 0. The Labute approximate surface area is 86.2 Å². The maximum absolute atomic E-state index is 8.50. The molecule has 66 valence electrons. The molecule has 1 heterocycles. The second-order valence-electron chi connectivity index (χ2n) is 1.26. The topological polar surface area (TPSA) is 84.0 Å². The van der Waals surface area contributed by atoms with Gasteiger partial charge in [0.05, 0.1) is 6.20 Å². The van der Waals surface area contributed by atoms with Crippen LogP contribution in [-0.4, -0.2) is 9.30 Å². The van der Waals surface area contributed by atoms with Gasteiger partial charge in [-0.05, 0) is 16.1 Å². The Bertz CT molecular complexity index is 270. The predicted molar refractivity (Wildman–Crippen MR) is 40.7 cm³/mol. The number of aromatic nitrogens is 1. The Morgan fingerprint density at radius 3 is 2.67 bits per heavy atom. The van der Waals surface area contributed by atoms with Gasteiger partial charge in [0, 0.05) is 0 Å². The average molecular weight is 287 g/mol.